The monoisotopic (exact) mass is 515 g/mol. The summed E-state index contributed by atoms with van der Waals surface area (Å²) in [6, 6.07) is 12.5. The third kappa shape index (κ3) is 5.10. The Morgan fingerprint density at radius 2 is 1.85 bits per heavy atom. The zero-order chi connectivity index (χ0) is 23.6. The Labute approximate surface area is 199 Å². The van der Waals surface area contributed by atoms with E-state index in [-0.39, 0.29) is 44.1 Å². The van der Waals surface area contributed by atoms with Gasteiger partial charge in [0.25, 0.3) is 11.1 Å². The van der Waals surface area contributed by atoms with Crippen LogP contribution >= 0.6 is 35.0 Å². The molecule has 2 N–H and O–H groups in total. The van der Waals surface area contributed by atoms with E-state index in [2.05, 4.69) is 26.0 Å². The molecule has 2 aromatic carbocycles. The molecule has 2 heterocycles. The number of anilines is 1. The van der Waals surface area contributed by atoms with Gasteiger partial charge in [0.2, 0.25) is 5.91 Å². The smallest absolute Gasteiger partial charge is 0.410 e. The van der Waals surface area contributed by atoms with E-state index in [1.165, 1.54) is 18.2 Å². The van der Waals surface area contributed by atoms with Crippen molar-refractivity contribution in [2.45, 2.75) is 23.4 Å². The maximum absolute atomic E-state index is 14.1. The number of amides is 1. The van der Waals surface area contributed by atoms with Gasteiger partial charge in [0, 0.05) is 22.2 Å². The van der Waals surface area contributed by atoms with Crippen molar-refractivity contribution in [1.82, 2.24) is 15.6 Å². The summed E-state index contributed by atoms with van der Waals surface area (Å²) in [6.45, 7) is 0. The number of halogens is 5. The van der Waals surface area contributed by atoms with Crippen molar-refractivity contribution in [3.63, 3.8) is 0 Å². The topological polar surface area (TPSA) is 92.4 Å². The molecule has 3 aromatic rings. The van der Waals surface area contributed by atoms with Crippen LogP contribution in [0.4, 0.5) is 18.9 Å². The van der Waals surface area contributed by atoms with E-state index in [0.29, 0.717) is 5.69 Å². The first-order valence-electron chi connectivity index (χ1n) is 9.35. The molecule has 0 aliphatic carbocycles. The minimum atomic E-state index is -4.74. The zero-order valence-corrected chi connectivity index (χ0v) is 18.8. The van der Waals surface area contributed by atoms with Gasteiger partial charge in [-0.15, -0.1) is 10.2 Å². The molecule has 4 rings (SSSR count). The van der Waals surface area contributed by atoms with Gasteiger partial charge in [0.05, 0.1) is 5.75 Å². The van der Waals surface area contributed by atoms with Crippen LogP contribution in [0.25, 0.3) is 0 Å². The van der Waals surface area contributed by atoms with Crippen LogP contribution in [0.15, 0.2) is 63.3 Å². The number of benzene rings is 2. The minimum absolute atomic E-state index is 0.0196. The van der Waals surface area contributed by atoms with Crippen LogP contribution < -0.4 is 10.7 Å². The van der Waals surface area contributed by atoms with Gasteiger partial charge in [-0.25, -0.2) is 0 Å². The minimum Gasteiger partial charge on any atom is -0.410 e. The van der Waals surface area contributed by atoms with Gasteiger partial charge in [-0.3, -0.25) is 10.2 Å². The van der Waals surface area contributed by atoms with Gasteiger partial charge in [-0.1, -0.05) is 53.2 Å². The summed E-state index contributed by atoms with van der Waals surface area (Å²) >= 11 is 12.8. The molecular formula is C20H14Cl2F3N5O2S. The van der Waals surface area contributed by atoms with E-state index in [0.717, 1.165) is 11.8 Å². The van der Waals surface area contributed by atoms with Crippen LogP contribution in [0.3, 0.4) is 0 Å². The predicted molar refractivity (Wildman–Crippen MR) is 119 cm³/mol. The number of para-hydroxylation sites is 1. The molecule has 1 aliphatic rings. The van der Waals surface area contributed by atoms with Crippen LogP contribution in [0, 0.1) is 0 Å². The number of hydrogen-bond donors (Lipinski definition) is 2. The molecular weight excluding hydrogens is 502 g/mol. The van der Waals surface area contributed by atoms with Crippen molar-refractivity contribution < 1.29 is 22.4 Å². The number of hydrazone groups is 1. The number of carbonyl (C=O) groups excluding carboxylic acids is 1. The molecule has 1 amide bonds. The molecule has 0 spiro atoms. The van der Waals surface area contributed by atoms with Gasteiger partial charge < -0.3 is 9.73 Å². The summed E-state index contributed by atoms with van der Waals surface area (Å²) in [7, 11) is 0. The predicted octanol–water partition coefficient (Wildman–Crippen LogP) is 5.26. The van der Waals surface area contributed by atoms with Crippen LogP contribution in [0.2, 0.25) is 10.0 Å². The second kappa shape index (κ2) is 9.24. The van der Waals surface area contributed by atoms with Crippen molar-refractivity contribution in [2.75, 3.05) is 11.1 Å². The number of rotatable bonds is 6. The summed E-state index contributed by atoms with van der Waals surface area (Å²) in [5.74, 6) is -0.526. The average molecular weight is 516 g/mol. The molecule has 172 valence electrons. The summed E-state index contributed by atoms with van der Waals surface area (Å²) in [4.78, 5) is 12.1. The Hall–Kier alpha value is -2.76. The van der Waals surface area contributed by atoms with Crippen molar-refractivity contribution in [3.05, 3.63) is 70.0 Å². The lowest BCUT2D eigenvalue weighted by molar-refractivity contribution is -0.196. The van der Waals surface area contributed by atoms with E-state index in [1.54, 1.807) is 24.3 Å². The molecule has 0 radical (unpaired) electrons. The molecule has 0 fully saturated rings. The summed E-state index contributed by atoms with van der Waals surface area (Å²) in [5.41, 5.74) is -0.0511. The van der Waals surface area contributed by atoms with Gasteiger partial charge in [0.1, 0.15) is 5.71 Å². The first kappa shape index (κ1) is 23.4. The Balaban J connectivity index is 1.46. The SMILES string of the molecule is O=C(CSc1nnc(C2=NNC(c3cc(Cl)cc(Cl)c3)(C(F)(F)F)C2)o1)Nc1ccccc1. The second-order valence-corrected chi connectivity index (χ2v) is 8.78. The van der Waals surface area contributed by atoms with Crippen molar-refractivity contribution in [1.29, 1.82) is 0 Å². The molecule has 13 heteroatoms. The second-order valence-electron chi connectivity index (χ2n) is 6.98. The van der Waals surface area contributed by atoms with E-state index in [4.69, 9.17) is 27.6 Å². The maximum Gasteiger partial charge on any atom is 0.417 e. The normalized spacial score (nSPS) is 18.0. The van der Waals surface area contributed by atoms with Crippen molar-refractivity contribution >= 4 is 52.3 Å². The lowest BCUT2D eigenvalue weighted by Crippen LogP contribution is -2.49. The number of nitrogens with one attached hydrogen (secondary N) is 2. The number of hydrogen-bond acceptors (Lipinski definition) is 7. The van der Waals surface area contributed by atoms with Gasteiger partial charge >= 0.3 is 6.18 Å². The maximum atomic E-state index is 14.1. The summed E-state index contributed by atoms with van der Waals surface area (Å²) in [6.07, 6.45) is -5.35. The van der Waals surface area contributed by atoms with Crippen molar-refractivity contribution in [3.8, 4) is 0 Å². The standard InChI is InChI=1S/C20H14Cl2F3N5O2S/c21-12-6-11(7-13(22)8-12)19(20(23,24)25)9-15(27-30-19)17-28-29-18(32-17)33-10-16(31)26-14-4-2-1-3-5-14/h1-8,30H,9-10H2,(H,26,31). The number of nitrogens with zero attached hydrogens (tertiary/aromatic N) is 3. The molecule has 0 saturated heterocycles. The molecule has 1 aliphatic heterocycles. The molecule has 1 unspecified atom stereocenters. The van der Waals surface area contributed by atoms with Crippen LogP contribution in [-0.2, 0) is 10.3 Å². The first-order valence-corrected chi connectivity index (χ1v) is 11.1. The van der Waals surface area contributed by atoms with Gasteiger partial charge in [-0.05, 0) is 35.9 Å². The highest BCUT2D eigenvalue weighted by Gasteiger charge is 2.59. The lowest BCUT2D eigenvalue weighted by atomic mass is 9.85. The molecule has 1 aromatic heterocycles. The largest absolute Gasteiger partial charge is 0.417 e. The van der Waals surface area contributed by atoms with E-state index in [1.807, 2.05) is 6.07 Å². The quantitative estimate of drug-likeness (QED) is 0.435. The van der Waals surface area contributed by atoms with Crippen LogP contribution in [0.1, 0.15) is 17.9 Å². The third-order valence-corrected chi connectivity index (χ3v) is 5.95. The third-order valence-electron chi connectivity index (χ3n) is 4.69. The fourth-order valence-electron chi connectivity index (χ4n) is 3.14. The molecule has 33 heavy (non-hydrogen) atoms. The first-order chi connectivity index (χ1) is 15.7. The fourth-order valence-corrected chi connectivity index (χ4v) is 4.23. The van der Waals surface area contributed by atoms with E-state index < -0.39 is 18.1 Å². The van der Waals surface area contributed by atoms with E-state index >= 15 is 0 Å². The Morgan fingerprint density at radius 3 is 2.52 bits per heavy atom. The summed E-state index contributed by atoms with van der Waals surface area (Å²) < 4.78 is 47.8. The zero-order valence-electron chi connectivity index (χ0n) is 16.5. The number of aromatic nitrogens is 2. The number of thioether (sulfide) groups is 1. The van der Waals surface area contributed by atoms with Crippen LogP contribution in [-0.4, -0.2) is 33.7 Å². The lowest BCUT2D eigenvalue weighted by Gasteiger charge is -2.31. The Kier molecular flexibility index (Phi) is 6.55. The summed E-state index contributed by atoms with van der Waals surface area (Å²) in [5, 5.41) is 14.2. The van der Waals surface area contributed by atoms with Crippen molar-refractivity contribution in [2.24, 2.45) is 5.10 Å². The molecule has 0 bridgehead atoms. The Bertz CT molecular complexity index is 1190. The number of alkyl halides is 3. The fraction of sp³-hybridized carbons (Fsp3) is 0.200. The van der Waals surface area contributed by atoms with E-state index in [9.17, 15) is 18.0 Å². The Morgan fingerprint density at radius 1 is 1.15 bits per heavy atom. The highest BCUT2D eigenvalue weighted by Crippen LogP contribution is 2.46. The molecule has 7 nitrogen and oxygen atoms in total. The average Bonchev–Trinajstić information content (AvgIpc) is 3.40. The number of carbonyl (C=O) groups is 1. The molecule has 1 atom stereocenters. The van der Waals surface area contributed by atoms with Crippen LogP contribution in [0.5, 0.6) is 0 Å². The van der Waals surface area contributed by atoms with Gasteiger partial charge in [-0.2, -0.15) is 18.3 Å². The molecule has 0 saturated carbocycles. The highest BCUT2D eigenvalue weighted by atomic mass is 35.5. The van der Waals surface area contributed by atoms with Gasteiger partial charge in [0.15, 0.2) is 5.54 Å². The highest BCUT2D eigenvalue weighted by molar-refractivity contribution is 7.99.